The molecule has 0 unspecified atom stereocenters. The molecule has 0 fully saturated rings. The van der Waals surface area contributed by atoms with Crippen molar-refractivity contribution in [3.05, 3.63) is 71.7 Å². The number of carbonyl (C=O) groups excluding carboxylic acids is 2. The lowest BCUT2D eigenvalue weighted by Gasteiger charge is -2.16. The molecule has 10 nitrogen and oxygen atoms in total. The maximum absolute atomic E-state index is 12.9. The third-order valence-corrected chi connectivity index (χ3v) is 5.45. The van der Waals surface area contributed by atoms with Crippen molar-refractivity contribution in [3.63, 3.8) is 0 Å². The minimum Gasteiger partial charge on any atom is -0.497 e. The van der Waals surface area contributed by atoms with Crippen molar-refractivity contribution in [2.24, 2.45) is 0 Å². The highest BCUT2D eigenvalue weighted by atomic mass is 16.5. The first-order chi connectivity index (χ1) is 16.9. The minimum absolute atomic E-state index is 0.122. The number of hydrogen-bond acceptors (Lipinski definition) is 7. The number of nitrogens with zero attached hydrogens (tertiary/aromatic N) is 5. The Morgan fingerprint density at radius 1 is 1.06 bits per heavy atom. The van der Waals surface area contributed by atoms with Crippen LogP contribution in [0.25, 0.3) is 11.0 Å². The molecule has 4 rings (SSSR count). The third-order valence-electron chi connectivity index (χ3n) is 5.45. The molecule has 1 aromatic carbocycles. The average molecular weight is 475 g/mol. The Balaban J connectivity index is 1.46. The summed E-state index contributed by atoms with van der Waals surface area (Å²) in [7, 11) is 4.77. The van der Waals surface area contributed by atoms with E-state index in [1.807, 2.05) is 31.2 Å². The molecule has 0 atom stereocenters. The Morgan fingerprint density at radius 3 is 2.63 bits per heavy atom. The van der Waals surface area contributed by atoms with E-state index in [4.69, 9.17) is 9.47 Å². The predicted octanol–water partition coefficient (Wildman–Crippen LogP) is 2.91. The van der Waals surface area contributed by atoms with Gasteiger partial charge >= 0.3 is 0 Å². The smallest absolute Gasteiger partial charge is 0.255 e. The summed E-state index contributed by atoms with van der Waals surface area (Å²) in [5.74, 6) is 1.16. The lowest BCUT2D eigenvalue weighted by Crippen LogP contribution is -2.35. The quantitative estimate of drug-likeness (QED) is 0.418. The van der Waals surface area contributed by atoms with Crippen LogP contribution in [0.5, 0.6) is 11.5 Å². The Labute approximate surface area is 202 Å². The molecule has 0 saturated carbocycles. The second-order valence-corrected chi connectivity index (χ2v) is 8.04. The van der Waals surface area contributed by atoms with Gasteiger partial charge in [0.1, 0.15) is 17.3 Å². The van der Waals surface area contributed by atoms with Gasteiger partial charge in [0.05, 0.1) is 39.1 Å². The number of carbonyl (C=O) groups is 2. The molecule has 3 heterocycles. The number of anilines is 1. The molecule has 180 valence electrons. The summed E-state index contributed by atoms with van der Waals surface area (Å²) in [5.41, 5.74) is 2.88. The Bertz CT molecular complexity index is 1380. The maximum Gasteiger partial charge on any atom is 0.255 e. The number of benzene rings is 1. The van der Waals surface area contributed by atoms with Crippen LogP contribution >= 0.6 is 0 Å². The van der Waals surface area contributed by atoms with Gasteiger partial charge in [0, 0.05) is 36.5 Å². The first-order valence-electron chi connectivity index (χ1n) is 10.9. The number of likely N-dealkylation sites (N-methyl/N-ethyl adjacent to an activating group) is 1. The summed E-state index contributed by atoms with van der Waals surface area (Å²) in [4.78, 5) is 35.2. The lowest BCUT2D eigenvalue weighted by molar-refractivity contribution is -0.116. The van der Waals surface area contributed by atoms with Crippen LogP contribution in [0.2, 0.25) is 0 Å². The predicted molar refractivity (Wildman–Crippen MR) is 131 cm³/mol. The van der Waals surface area contributed by atoms with Gasteiger partial charge in [0.15, 0.2) is 5.65 Å². The molecule has 2 amide bonds. The normalized spacial score (nSPS) is 10.7. The molecule has 0 radical (unpaired) electrons. The maximum atomic E-state index is 12.9. The molecule has 0 aliphatic heterocycles. The number of ether oxygens (including phenoxy) is 2. The molecule has 0 aliphatic rings. The average Bonchev–Trinajstić information content (AvgIpc) is 3.25. The zero-order valence-corrected chi connectivity index (χ0v) is 20.0. The Morgan fingerprint density at radius 2 is 1.89 bits per heavy atom. The number of fused-ring (bicyclic) bond motifs is 1. The van der Waals surface area contributed by atoms with Gasteiger partial charge < -0.3 is 19.7 Å². The van der Waals surface area contributed by atoms with Crippen molar-refractivity contribution in [2.45, 2.75) is 13.5 Å². The van der Waals surface area contributed by atoms with Gasteiger partial charge in [0.2, 0.25) is 5.91 Å². The summed E-state index contributed by atoms with van der Waals surface area (Å²) in [6, 6.07) is 10.9. The van der Waals surface area contributed by atoms with Crippen molar-refractivity contribution in [3.8, 4) is 11.5 Å². The van der Waals surface area contributed by atoms with Crippen molar-refractivity contribution in [1.29, 1.82) is 0 Å². The first kappa shape index (κ1) is 23.7. The Hall–Kier alpha value is -4.47. The second kappa shape index (κ2) is 10.2. The SMILES string of the molecule is COc1ccc(Cn2ncc3cc(C(=O)N(C)CC(=O)Nc4cc(C)ccn4)cnc32)c(OC)c1. The molecule has 1 N–H and O–H groups in total. The zero-order chi connectivity index (χ0) is 24.9. The molecule has 0 bridgehead atoms. The van der Waals surface area contributed by atoms with Crippen molar-refractivity contribution in [2.75, 3.05) is 33.1 Å². The van der Waals surface area contributed by atoms with E-state index < -0.39 is 0 Å². The van der Waals surface area contributed by atoms with Gasteiger partial charge in [-0.2, -0.15) is 5.10 Å². The Kier molecular flexibility index (Phi) is 6.91. The number of amides is 2. The van der Waals surface area contributed by atoms with Gasteiger partial charge in [-0.3, -0.25) is 9.59 Å². The van der Waals surface area contributed by atoms with Crippen molar-refractivity contribution in [1.82, 2.24) is 24.6 Å². The van der Waals surface area contributed by atoms with E-state index in [-0.39, 0.29) is 18.4 Å². The summed E-state index contributed by atoms with van der Waals surface area (Å²) in [6.07, 6.45) is 4.77. The molecule has 10 heteroatoms. The second-order valence-electron chi connectivity index (χ2n) is 8.04. The van der Waals surface area contributed by atoms with E-state index in [1.54, 1.807) is 50.5 Å². The summed E-state index contributed by atoms with van der Waals surface area (Å²) < 4.78 is 12.5. The lowest BCUT2D eigenvalue weighted by atomic mass is 10.2. The van der Waals surface area contributed by atoms with Crippen LogP contribution in [0, 0.1) is 6.92 Å². The number of aromatic nitrogens is 4. The highest BCUT2D eigenvalue weighted by molar-refractivity contribution is 6.00. The minimum atomic E-state index is -0.339. The van der Waals surface area contributed by atoms with E-state index >= 15 is 0 Å². The molecule has 0 aliphatic carbocycles. The van der Waals surface area contributed by atoms with Crippen LogP contribution in [-0.4, -0.2) is 64.3 Å². The third kappa shape index (κ3) is 5.37. The molecule has 0 spiro atoms. The van der Waals surface area contributed by atoms with Crippen molar-refractivity contribution >= 4 is 28.7 Å². The highest BCUT2D eigenvalue weighted by Crippen LogP contribution is 2.26. The number of rotatable bonds is 8. The molecule has 0 saturated heterocycles. The fraction of sp³-hybridized carbons (Fsp3) is 0.240. The molecule has 35 heavy (non-hydrogen) atoms. The monoisotopic (exact) mass is 474 g/mol. The summed E-state index contributed by atoms with van der Waals surface area (Å²) in [6.45, 7) is 2.22. The van der Waals surface area contributed by atoms with Gasteiger partial charge in [-0.25, -0.2) is 14.6 Å². The van der Waals surface area contributed by atoms with Gasteiger partial charge in [-0.1, -0.05) is 0 Å². The fourth-order valence-electron chi connectivity index (χ4n) is 3.64. The number of methoxy groups -OCH3 is 2. The van der Waals surface area contributed by atoms with Gasteiger partial charge in [-0.15, -0.1) is 0 Å². The zero-order valence-electron chi connectivity index (χ0n) is 20.0. The highest BCUT2D eigenvalue weighted by Gasteiger charge is 2.18. The molecular weight excluding hydrogens is 448 g/mol. The topological polar surface area (TPSA) is 111 Å². The molecule has 4 aromatic rings. The van der Waals surface area contributed by atoms with Gasteiger partial charge in [0.25, 0.3) is 5.91 Å². The van der Waals surface area contributed by atoms with Gasteiger partial charge in [-0.05, 0) is 42.8 Å². The largest absolute Gasteiger partial charge is 0.497 e. The number of hydrogen-bond donors (Lipinski definition) is 1. The fourth-order valence-corrected chi connectivity index (χ4v) is 3.64. The summed E-state index contributed by atoms with van der Waals surface area (Å²) >= 11 is 0. The van der Waals surface area contributed by atoms with Crippen LogP contribution in [0.1, 0.15) is 21.5 Å². The standard InChI is InChI=1S/C25H26N6O4/c1-16-7-8-26-22(9-16)29-23(32)15-30(2)25(33)19-10-18-13-28-31(24(18)27-12-19)14-17-5-6-20(34-3)11-21(17)35-4/h5-13H,14-15H2,1-4H3,(H,26,29,32). The van der Waals surface area contributed by atoms with E-state index in [9.17, 15) is 9.59 Å². The van der Waals surface area contributed by atoms with Crippen LogP contribution in [0.3, 0.4) is 0 Å². The van der Waals surface area contributed by atoms with Crippen LogP contribution in [0.4, 0.5) is 5.82 Å². The summed E-state index contributed by atoms with van der Waals surface area (Å²) in [5, 5.41) is 7.84. The number of aryl methyl sites for hydroxylation is 1. The van der Waals surface area contributed by atoms with E-state index in [0.717, 1.165) is 11.1 Å². The first-order valence-corrected chi connectivity index (χ1v) is 10.9. The van der Waals surface area contributed by atoms with E-state index in [0.29, 0.717) is 40.5 Å². The van der Waals surface area contributed by atoms with Crippen LogP contribution in [0.15, 0.2) is 55.0 Å². The van der Waals surface area contributed by atoms with Crippen LogP contribution < -0.4 is 14.8 Å². The molecule has 3 aromatic heterocycles. The van der Waals surface area contributed by atoms with Crippen LogP contribution in [-0.2, 0) is 11.3 Å². The molecular formula is C25H26N6O4. The van der Waals surface area contributed by atoms with Crippen molar-refractivity contribution < 1.29 is 19.1 Å². The van der Waals surface area contributed by atoms with E-state index in [2.05, 4.69) is 20.4 Å². The number of pyridine rings is 2. The number of nitrogens with one attached hydrogen (secondary N) is 1. The van der Waals surface area contributed by atoms with E-state index in [1.165, 1.54) is 11.1 Å².